The first-order valence-electron chi connectivity index (χ1n) is 9.78. The Morgan fingerprint density at radius 1 is 1.16 bits per heavy atom. The summed E-state index contributed by atoms with van der Waals surface area (Å²) < 4.78 is 24.1. The van der Waals surface area contributed by atoms with Crippen LogP contribution in [0.4, 0.5) is 5.00 Å². The van der Waals surface area contributed by atoms with Gasteiger partial charge >= 0.3 is 0 Å². The molecule has 0 saturated carbocycles. The van der Waals surface area contributed by atoms with Crippen molar-refractivity contribution in [2.45, 2.75) is 24.4 Å². The second kappa shape index (κ2) is 8.63. The van der Waals surface area contributed by atoms with Crippen LogP contribution in [0.3, 0.4) is 0 Å². The van der Waals surface area contributed by atoms with Crippen LogP contribution in [0.1, 0.15) is 31.9 Å². The molecule has 2 heterocycles. The van der Waals surface area contributed by atoms with E-state index in [1.54, 1.807) is 12.1 Å². The lowest BCUT2D eigenvalue weighted by atomic mass is 10.0. The van der Waals surface area contributed by atoms with Crippen LogP contribution in [0.15, 0.2) is 59.5 Å². The summed E-state index contributed by atoms with van der Waals surface area (Å²) in [6.07, 6.45) is 1.81. The van der Waals surface area contributed by atoms with E-state index in [1.807, 2.05) is 18.2 Å². The zero-order valence-corrected chi connectivity index (χ0v) is 18.6. The van der Waals surface area contributed by atoms with Crippen molar-refractivity contribution in [3.05, 3.63) is 81.7 Å². The minimum atomic E-state index is -3.55. The molecule has 31 heavy (non-hydrogen) atoms. The predicted octanol–water partition coefficient (Wildman–Crippen LogP) is 3.83. The van der Waals surface area contributed by atoms with Gasteiger partial charge in [0.1, 0.15) is 11.1 Å². The number of nitrogens with one attached hydrogen (secondary N) is 1. The molecule has 0 bridgehead atoms. The van der Waals surface area contributed by atoms with Gasteiger partial charge in [-0.1, -0.05) is 42.5 Å². The molecule has 1 aliphatic rings. The highest BCUT2D eigenvalue weighted by molar-refractivity contribution is 7.90. The van der Waals surface area contributed by atoms with E-state index in [2.05, 4.69) is 28.4 Å². The number of hydrogen-bond donors (Lipinski definition) is 1. The highest BCUT2D eigenvalue weighted by Gasteiger charge is 2.26. The number of sulfone groups is 1. The number of thiophene rings is 1. The second-order valence-electron chi connectivity index (χ2n) is 7.49. The smallest absolute Gasteiger partial charge is 0.257 e. The standard InChI is InChI=1S/C23H21N3O3S2/c1-31(28,29)21-10-6-5-9-18(21)22(27)25-23-19(13-24)17-11-12-26(15-20(17)30-23)14-16-7-3-2-4-8-16/h2-10H,11-12,14-15H2,1H3,(H,25,27). The van der Waals surface area contributed by atoms with Crippen LogP contribution in [0.2, 0.25) is 0 Å². The van der Waals surface area contributed by atoms with E-state index in [0.717, 1.165) is 36.2 Å². The number of anilines is 1. The number of benzene rings is 2. The van der Waals surface area contributed by atoms with Gasteiger partial charge in [0.15, 0.2) is 9.84 Å². The molecule has 0 spiro atoms. The first-order valence-corrected chi connectivity index (χ1v) is 12.5. The maximum atomic E-state index is 12.9. The molecule has 3 aromatic rings. The van der Waals surface area contributed by atoms with Gasteiger partial charge in [-0.05, 0) is 29.7 Å². The monoisotopic (exact) mass is 451 g/mol. The van der Waals surface area contributed by atoms with Crippen molar-refractivity contribution in [3.63, 3.8) is 0 Å². The van der Waals surface area contributed by atoms with E-state index in [-0.39, 0.29) is 10.5 Å². The summed E-state index contributed by atoms with van der Waals surface area (Å²) in [7, 11) is -3.55. The topological polar surface area (TPSA) is 90.3 Å². The van der Waals surface area contributed by atoms with E-state index in [9.17, 15) is 18.5 Å². The third-order valence-corrected chi connectivity index (χ3v) is 7.54. The van der Waals surface area contributed by atoms with E-state index in [1.165, 1.54) is 29.0 Å². The van der Waals surface area contributed by atoms with Crippen molar-refractivity contribution in [1.82, 2.24) is 4.90 Å². The SMILES string of the molecule is CS(=O)(=O)c1ccccc1C(=O)Nc1sc2c(c1C#N)CCN(Cc1ccccc1)C2. The molecule has 6 nitrogen and oxygen atoms in total. The molecule has 1 aliphatic heterocycles. The zero-order chi connectivity index (χ0) is 22.0. The average Bonchev–Trinajstić information content (AvgIpc) is 3.10. The Hall–Kier alpha value is -2.99. The lowest BCUT2D eigenvalue weighted by molar-refractivity contribution is 0.102. The van der Waals surface area contributed by atoms with E-state index in [4.69, 9.17) is 0 Å². The Morgan fingerprint density at radius 3 is 2.58 bits per heavy atom. The number of nitriles is 1. The molecule has 4 rings (SSSR count). The molecule has 0 fully saturated rings. The number of amides is 1. The van der Waals surface area contributed by atoms with Crippen LogP contribution in [0, 0.1) is 11.3 Å². The van der Waals surface area contributed by atoms with Gasteiger partial charge in [0.05, 0.1) is 16.0 Å². The zero-order valence-electron chi connectivity index (χ0n) is 17.0. The molecular formula is C23H21N3O3S2. The molecule has 158 valence electrons. The summed E-state index contributed by atoms with van der Waals surface area (Å²) in [5.41, 5.74) is 2.76. The minimum Gasteiger partial charge on any atom is -0.312 e. The van der Waals surface area contributed by atoms with Crippen molar-refractivity contribution in [2.24, 2.45) is 0 Å². The second-order valence-corrected chi connectivity index (χ2v) is 10.6. The highest BCUT2D eigenvalue weighted by Crippen LogP contribution is 2.37. The summed E-state index contributed by atoms with van der Waals surface area (Å²) in [5.74, 6) is -0.530. The number of nitrogens with zero attached hydrogens (tertiary/aromatic N) is 2. The van der Waals surface area contributed by atoms with Gasteiger partial charge in [0.25, 0.3) is 5.91 Å². The third-order valence-electron chi connectivity index (χ3n) is 5.25. The Balaban J connectivity index is 1.58. The third kappa shape index (κ3) is 4.54. The van der Waals surface area contributed by atoms with Crippen LogP contribution in [0.25, 0.3) is 0 Å². The molecular weight excluding hydrogens is 430 g/mol. The Morgan fingerprint density at radius 2 is 1.87 bits per heavy atom. The van der Waals surface area contributed by atoms with E-state index in [0.29, 0.717) is 17.1 Å². The van der Waals surface area contributed by atoms with Crippen LogP contribution in [-0.2, 0) is 29.3 Å². The fourth-order valence-electron chi connectivity index (χ4n) is 3.79. The van der Waals surface area contributed by atoms with Gasteiger partial charge in [-0.25, -0.2) is 8.42 Å². The quantitative estimate of drug-likeness (QED) is 0.637. The lowest BCUT2D eigenvalue weighted by Gasteiger charge is -2.26. The summed E-state index contributed by atoms with van der Waals surface area (Å²) in [6.45, 7) is 2.36. The fourth-order valence-corrected chi connectivity index (χ4v) is 5.91. The van der Waals surface area contributed by atoms with Gasteiger partial charge in [-0.15, -0.1) is 11.3 Å². The summed E-state index contributed by atoms with van der Waals surface area (Å²) in [6, 6.07) is 18.5. The van der Waals surface area contributed by atoms with Gasteiger partial charge in [-0.3, -0.25) is 9.69 Å². The van der Waals surface area contributed by atoms with E-state index < -0.39 is 15.7 Å². The maximum absolute atomic E-state index is 12.9. The molecule has 0 unspecified atom stereocenters. The van der Waals surface area contributed by atoms with Gasteiger partial charge in [0, 0.05) is 30.8 Å². The van der Waals surface area contributed by atoms with Crippen LogP contribution >= 0.6 is 11.3 Å². The first kappa shape index (κ1) is 21.2. The molecule has 0 radical (unpaired) electrons. The van der Waals surface area contributed by atoms with Gasteiger partial charge in [0.2, 0.25) is 0 Å². The van der Waals surface area contributed by atoms with Crippen molar-refractivity contribution < 1.29 is 13.2 Å². The van der Waals surface area contributed by atoms with Gasteiger partial charge < -0.3 is 5.32 Å². The lowest BCUT2D eigenvalue weighted by Crippen LogP contribution is -2.29. The number of rotatable bonds is 5. The van der Waals surface area contributed by atoms with Crippen LogP contribution in [0.5, 0.6) is 0 Å². The Labute approximate surface area is 185 Å². The minimum absolute atomic E-state index is 0.0265. The van der Waals surface area contributed by atoms with E-state index >= 15 is 0 Å². The maximum Gasteiger partial charge on any atom is 0.257 e. The van der Waals surface area contributed by atoms with Crippen molar-refractivity contribution in [3.8, 4) is 6.07 Å². The molecule has 1 N–H and O–H groups in total. The molecule has 0 aliphatic carbocycles. The predicted molar refractivity (Wildman–Crippen MR) is 121 cm³/mol. The molecule has 1 aromatic heterocycles. The molecule has 0 saturated heterocycles. The van der Waals surface area contributed by atoms with Crippen molar-refractivity contribution >= 4 is 32.1 Å². The number of carbonyl (C=O) groups is 1. The molecule has 8 heteroatoms. The Bertz CT molecular complexity index is 1280. The van der Waals surface area contributed by atoms with Crippen molar-refractivity contribution in [1.29, 1.82) is 5.26 Å². The van der Waals surface area contributed by atoms with Crippen LogP contribution < -0.4 is 5.32 Å². The summed E-state index contributed by atoms with van der Waals surface area (Å²) >= 11 is 1.39. The number of fused-ring (bicyclic) bond motifs is 1. The van der Waals surface area contributed by atoms with Crippen LogP contribution in [-0.4, -0.2) is 32.0 Å². The highest BCUT2D eigenvalue weighted by atomic mass is 32.2. The average molecular weight is 452 g/mol. The normalized spacial score (nSPS) is 13.9. The molecule has 2 aromatic carbocycles. The Kier molecular flexibility index (Phi) is 5.92. The number of carbonyl (C=O) groups excluding carboxylic acids is 1. The van der Waals surface area contributed by atoms with Gasteiger partial charge in [-0.2, -0.15) is 5.26 Å². The van der Waals surface area contributed by atoms with Crippen molar-refractivity contribution in [2.75, 3.05) is 18.1 Å². The summed E-state index contributed by atoms with van der Waals surface area (Å²) in [4.78, 5) is 16.2. The largest absolute Gasteiger partial charge is 0.312 e. The first-order chi connectivity index (χ1) is 14.9. The molecule has 1 amide bonds. The fraction of sp³-hybridized carbons (Fsp3) is 0.217. The summed E-state index contributed by atoms with van der Waals surface area (Å²) in [5, 5.41) is 13.0. The number of hydrogen-bond acceptors (Lipinski definition) is 6. The molecule has 0 atom stereocenters.